The van der Waals surface area contributed by atoms with Gasteiger partial charge in [-0.05, 0) is 30.5 Å². The zero-order valence-electron chi connectivity index (χ0n) is 12.4. The quantitative estimate of drug-likeness (QED) is 0.433. The van der Waals surface area contributed by atoms with E-state index < -0.39 is 6.09 Å². The molecule has 0 unspecified atom stereocenters. The fraction of sp³-hybridized carbons (Fsp3) is 0.214. The van der Waals surface area contributed by atoms with E-state index >= 15 is 0 Å². The van der Waals surface area contributed by atoms with Crippen LogP contribution < -0.4 is 21.3 Å². The molecule has 0 saturated heterocycles. The average Bonchev–Trinajstić information content (AvgIpc) is 2.92. The number of carbonyl (C=O) groups is 2. The number of amides is 2. The summed E-state index contributed by atoms with van der Waals surface area (Å²) in [7, 11) is 0. The monoisotopic (exact) mass is 356 g/mol. The summed E-state index contributed by atoms with van der Waals surface area (Å²) >= 11 is 1.39. The van der Waals surface area contributed by atoms with E-state index in [4.69, 9.17) is 10.6 Å². The minimum Gasteiger partial charge on any atom is -0.409 e. The molecule has 0 radical (unpaired) electrons. The summed E-state index contributed by atoms with van der Waals surface area (Å²) in [6.07, 6.45) is 0.754. The number of nitrogens with two attached hydrogens (primary N) is 1. The number of nitrogens with one attached hydrogen (secondary N) is 2. The van der Waals surface area contributed by atoms with Gasteiger partial charge in [-0.2, -0.15) is 0 Å². The highest BCUT2D eigenvalue weighted by atomic mass is 35.5. The van der Waals surface area contributed by atoms with Crippen LogP contribution in [0.3, 0.4) is 0 Å². The van der Waals surface area contributed by atoms with E-state index in [1.165, 1.54) is 18.3 Å². The third-order valence-electron chi connectivity index (χ3n) is 2.73. The normalized spacial score (nSPS) is 9.65. The number of carbonyl (C=O) groups excluding carboxylic acids is 2. The van der Waals surface area contributed by atoms with Crippen LogP contribution in [0.2, 0.25) is 0 Å². The molecule has 2 aromatic rings. The predicted molar refractivity (Wildman–Crippen MR) is 90.9 cm³/mol. The van der Waals surface area contributed by atoms with E-state index in [-0.39, 0.29) is 18.3 Å². The number of aryl methyl sites for hydroxylation is 2. The molecule has 0 aliphatic carbocycles. The van der Waals surface area contributed by atoms with E-state index in [2.05, 4.69) is 10.3 Å². The van der Waals surface area contributed by atoms with Crippen molar-refractivity contribution in [3.63, 3.8) is 0 Å². The second-order valence-corrected chi connectivity index (χ2v) is 5.36. The summed E-state index contributed by atoms with van der Waals surface area (Å²) in [6, 6.07) is 7.19. The zero-order chi connectivity index (χ0) is 15.9. The Morgan fingerprint density at radius 3 is 2.83 bits per heavy atom. The van der Waals surface area contributed by atoms with Crippen LogP contribution in [-0.4, -0.2) is 17.0 Å². The van der Waals surface area contributed by atoms with Gasteiger partial charge in [0.2, 0.25) is 5.91 Å². The van der Waals surface area contributed by atoms with Crippen molar-refractivity contribution in [1.82, 2.24) is 10.4 Å². The molecule has 0 spiro atoms. The Kier molecular flexibility index (Phi) is 7.46. The van der Waals surface area contributed by atoms with Gasteiger partial charge in [-0.25, -0.2) is 15.6 Å². The molecule has 0 aliphatic rings. The van der Waals surface area contributed by atoms with Crippen molar-refractivity contribution in [3.8, 4) is 5.75 Å². The van der Waals surface area contributed by atoms with Crippen molar-refractivity contribution < 1.29 is 14.3 Å². The first-order valence-corrected chi connectivity index (χ1v) is 7.44. The number of hydrazine groups is 1. The molecule has 1 heterocycles. The molecule has 1 aromatic heterocycles. The van der Waals surface area contributed by atoms with Gasteiger partial charge >= 0.3 is 6.09 Å². The second kappa shape index (κ2) is 9.09. The Morgan fingerprint density at radius 2 is 2.13 bits per heavy atom. The molecule has 0 atom stereocenters. The molecule has 0 fully saturated rings. The van der Waals surface area contributed by atoms with Gasteiger partial charge in [0.05, 0.1) is 5.69 Å². The molecule has 0 aliphatic heterocycles. The van der Waals surface area contributed by atoms with E-state index in [0.29, 0.717) is 10.9 Å². The molecular formula is C14H17ClN4O3S. The first-order chi connectivity index (χ1) is 10.6. The van der Waals surface area contributed by atoms with Crippen LogP contribution in [0.15, 0.2) is 29.6 Å². The zero-order valence-corrected chi connectivity index (χ0v) is 14.0. The summed E-state index contributed by atoms with van der Waals surface area (Å²) in [5, 5.41) is 5.16. The number of ether oxygens (including phenoxy) is 1. The fourth-order valence-corrected chi connectivity index (χ4v) is 2.59. The Hall–Kier alpha value is -2.16. The second-order valence-electron chi connectivity index (χ2n) is 4.51. The number of rotatable bonds is 5. The van der Waals surface area contributed by atoms with Crippen LogP contribution in [0.5, 0.6) is 5.75 Å². The molecule has 23 heavy (non-hydrogen) atoms. The first kappa shape index (κ1) is 18.9. The fourth-order valence-electron chi connectivity index (χ4n) is 1.80. The number of hydrogen-bond donors (Lipinski definition) is 3. The maximum Gasteiger partial charge on any atom is 0.426 e. The van der Waals surface area contributed by atoms with Gasteiger partial charge in [0.25, 0.3) is 0 Å². The van der Waals surface area contributed by atoms with Crippen molar-refractivity contribution in [1.29, 1.82) is 0 Å². The topological polar surface area (TPSA) is 106 Å². The van der Waals surface area contributed by atoms with Gasteiger partial charge in [0, 0.05) is 12.3 Å². The molecule has 2 amide bonds. The minimum atomic E-state index is -0.711. The molecule has 7 nitrogen and oxygen atoms in total. The lowest BCUT2D eigenvalue weighted by molar-refractivity contribution is -0.114. The van der Waals surface area contributed by atoms with Gasteiger partial charge in [-0.15, -0.1) is 23.7 Å². The third kappa shape index (κ3) is 6.23. The Morgan fingerprint density at radius 1 is 1.35 bits per heavy atom. The summed E-state index contributed by atoms with van der Waals surface area (Å²) in [4.78, 5) is 26.3. The number of benzene rings is 1. The maximum atomic E-state index is 11.1. The van der Waals surface area contributed by atoms with Crippen LogP contribution >= 0.6 is 23.7 Å². The summed E-state index contributed by atoms with van der Waals surface area (Å²) < 4.78 is 4.97. The number of halogens is 1. The highest BCUT2D eigenvalue weighted by molar-refractivity contribution is 7.13. The lowest BCUT2D eigenvalue weighted by Gasteiger charge is -2.05. The Labute approximate surface area is 143 Å². The number of hydrogen-bond acceptors (Lipinski definition) is 6. The van der Waals surface area contributed by atoms with E-state index in [1.54, 1.807) is 18.2 Å². The molecule has 0 bridgehead atoms. The first-order valence-electron chi connectivity index (χ1n) is 6.56. The number of anilines is 1. The lowest BCUT2D eigenvalue weighted by atomic mass is 10.1. The van der Waals surface area contributed by atoms with Crippen molar-refractivity contribution >= 4 is 40.9 Å². The predicted octanol–water partition coefficient (Wildman–Crippen LogP) is 2.27. The molecular weight excluding hydrogens is 340 g/mol. The number of thiazole rings is 1. The van der Waals surface area contributed by atoms with Crippen molar-refractivity contribution in [3.05, 3.63) is 40.9 Å². The molecule has 0 saturated carbocycles. The van der Waals surface area contributed by atoms with E-state index in [1.807, 2.05) is 16.9 Å². The van der Waals surface area contributed by atoms with Crippen LogP contribution in [0.1, 0.15) is 18.2 Å². The van der Waals surface area contributed by atoms with Crippen LogP contribution in [-0.2, 0) is 17.6 Å². The molecule has 1 aromatic carbocycles. The Bertz CT molecular complexity index is 678. The van der Waals surface area contributed by atoms with Gasteiger partial charge in [-0.3, -0.25) is 10.2 Å². The van der Waals surface area contributed by atoms with Gasteiger partial charge in [0.15, 0.2) is 5.13 Å². The summed E-state index contributed by atoms with van der Waals surface area (Å²) in [6.45, 7) is 1.45. The molecule has 124 valence electrons. The van der Waals surface area contributed by atoms with Gasteiger partial charge < -0.3 is 10.1 Å². The minimum absolute atomic E-state index is 0. The maximum absolute atomic E-state index is 11.1. The smallest absolute Gasteiger partial charge is 0.409 e. The summed E-state index contributed by atoms with van der Waals surface area (Å²) in [5.41, 5.74) is 3.82. The van der Waals surface area contributed by atoms with Crippen molar-refractivity contribution in [2.45, 2.75) is 19.8 Å². The number of nitrogens with zero attached hydrogens (tertiary/aromatic N) is 1. The highest BCUT2D eigenvalue weighted by Gasteiger charge is 2.06. The lowest BCUT2D eigenvalue weighted by Crippen LogP contribution is -2.32. The van der Waals surface area contributed by atoms with Gasteiger partial charge in [-0.1, -0.05) is 12.1 Å². The Balaban J connectivity index is 0.00000264. The van der Waals surface area contributed by atoms with E-state index in [0.717, 1.165) is 24.1 Å². The molecule has 4 N–H and O–H groups in total. The van der Waals surface area contributed by atoms with Crippen molar-refractivity contribution in [2.75, 3.05) is 5.32 Å². The van der Waals surface area contributed by atoms with Crippen LogP contribution in [0, 0.1) is 0 Å². The third-order valence-corrected chi connectivity index (χ3v) is 3.54. The summed E-state index contributed by atoms with van der Waals surface area (Å²) in [5.74, 6) is 5.26. The average molecular weight is 357 g/mol. The van der Waals surface area contributed by atoms with Crippen molar-refractivity contribution in [2.24, 2.45) is 5.84 Å². The molecule has 2 rings (SSSR count). The SMILES string of the molecule is CC(=O)Nc1nc(CCc2cccc(OC(=O)NN)c2)cs1.Cl. The largest absolute Gasteiger partial charge is 0.426 e. The highest BCUT2D eigenvalue weighted by Crippen LogP contribution is 2.19. The molecule has 9 heteroatoms. The van der Waals surface area contributed by atoms with Crippen LogP contribution in [0.4, 0.5) is 9.93 Å². The van der Waals surface area contributed by atoms with Gasteiger partial charge in [0.1, 0.15) is 5.75 Å². The van der Waals surface area contributed by atoms with E-state index in [9.17, 15) is 9.59 Å². The standard InChI is InChI=1S/C14H16N4O3S.ClH/c1-9(19)16-13-17-11(8-22-13)6-5-10-3-2-4-12(7-10)21-14(20)18-15;/h2-4,7-8H,5-6,15H2,1H3,(H,18,20)(H,16,17,19);1H. The number of aromatic nitrogens is 1. The van der Waals surface area contributed by atoms with Crippen LogP contribution in [0.25, 0.3) is 0 Å².